The number of pyridine rings is 1. The molecule has 0 spiro atoms. The Morgan fingerprint density at radius 3 is 2.40 bits per heavy atom. The molecular formula is C19H22N4O6S. The summed E-state index contributed by atoms with van der Waals surface area (Å²) in [6, 6.07) is 12.1. The molecule has 2 rings (SSSR count). The minimum atomic E-state index is -3.80. The zero-order chi connectivity index (χ0) is 22.0. The predicted molar refractivity (Wildman–Crippen MR) is 108 cm³/mol. The second kappa shape index (κ2) is 11.0. The summed E-state index contributed by atoms with van der Waals surface area (Å²) in [5, 5.41) is 1.86. The van der Waals surface area contributed by atoms with Gasteiger partial charge in [0.15, 0.2) is 0 Å². The lowest BCUT2D eigenvalue weighted by Gasteiger charge is -2.08. The molecule has 0 radical (unpaired) electrons. The summed E-state index contributed by atoms with van der Waals surface area (Å²) in [6.07, 6.45) is 1.79. The standard InChI is InChI=1S/C19H22N4O6S/c20-12-16(24)22-19(26)29-17-10-9-15(13-21-17)18(25)23-30(27,28)11-5-4-8-14-6-2-1-3-7-14/h1-3,6-7,9-10,13H,4-5,8,11-12,20H2,(H,23,25)(H,22,24,26). The molecule has 0 saturated carbocycles. The SMILES string of the molecule is NCC(=O)NC(=O)Oc1ccc(C(=O)NS(=O)(=O)CCCCc2ccccc2)cn1. The van der Waals surface area contributed by atoms with E-state index in [4.69, 9.17) is 10.5 Å². The molecule has 0 unspecified atom stereocenters. The van der Waals surface area contributed by atoms with Gasteiger partial charge in [0.1, 0.15) is 0 Å². The first-order valence-corrected chi connectivity index (χ1v) is 10.7. The van der Waals surface area contributed by atoms with Gasteiger partial charge in [0.2, 0.25) is 21.8 Å². The second-order valence-corrected chi connectivity index (χ2v) is 8.06. The Balaban J connectivity index is 1.81. The summed E-state index contributed by atoms with van der Waals surface area (Å²) in [5.74, 6) is -1.95. The number of nitrogens with one attached hydrogen (secondary N) is 2. The van der Waals surface area contributed by atoms with Crippen LogP contribution in [0, 0.1) is 0 Å². The van der Waals surface area contributed by atoms with E-state index in [1.807, 2.05) is 40.4 Å². The summed E-state index contributed by atoms with van der Waals surface area (Å²) < 4.78 is 30.9. The van der Waals surface area contributed by atoms with E-state index < -0.39 is 27.9 Å². The Morgan fingerprint density at radius 1 is 1.03 bits per heavy atom. The number of aromatic nitrogens is 1. The lowest BCUT2D eigenvalue weighted by atomic mass is 10.1. The number of carbonyl (C=O) groups excluding carboxylic acids is 3. The van der Waals surface area contributed by atoms with Crippen LogP contribution >= 0.6 is 0 Å². The molecule has 11 heteroatoms. The molecule has 0 saturated heterocycles. The fourth-order valence-corrected chi connectivity index (χ4v) is 3.46. The van der Waals surface area contributed by atoms with E-state index in [0.717, 1.165) is 18.2 Å². The molecular weight excluding hydrogens is 412 g/mol. The van der Waals surface area contributed by atoms with Gasteiger partial charge >= 0.3 is 6.09 Å². The molecule has 0 aliphatic rings. The maximum absolute atomic E-state index is 12.1. The number of aryl methyl sites for hydroxylation is 1. The minimum Gasteiger partial charge on any atom is -0.391 e. The lowest BCUT2D eigenvalue weighted by Crippen LogP contribution is -2.37. The van der Waals surface area contributed by atoms with Gasteiger partial charge in [0.25, 0.3) is 5.91 Å². The number of imide groups is 1. The largest absolute Gasteiger partial charge is 0.420 e. The molecule has 0 atom stereocenters. The van der Waals surface area contributed by atoms with E-state index in [2.05, 4.69) is 4.98 Å². The Labute approximate surface area is 173 Å². The third-order valence-electron chi connectivity index (χ3n) is 3.84. The van der Waals surface area contributed by atoms with Gasteiger partial charge in [0.05, 0.1) is 17.9 Å². The second-order valence-electron chi connectivity index (χ2n) is 6.22. The van der Waals surface area contributed by atoms with Gasteiger partial charge in [-0.1, -0.05) is 30.3 Å². The topological polar surface area (TPSA) is 158 Å². The normalized spacial score (nSPS) is 10.8. The maximum Gasteiger partial charge on any atom is 0.420 e. The Morgan fingerprint density at radius 2 is 1.77 bits per heavy atom. The van der Waals surface area contributed by atoms with Crippen LogP contribution in [0.3, 0.4) is 0 Å². The van der Waals surface area contributed by atoms with Crippen LogP contribution in [-0.2, 0) is 21.2 Å². The van der Waals surface area contributed by atoms with Crippen molar-refractivity contribution in [2.45, 2.75) is 19.3 Å². The first-order valence-electron chi connectivity index (χ1n) is 9.05. The quantitative estimate of drug-likeness (QED) is 0.488. The van der Waals surface area contributed by atoms with Crippen LogP contribution in [0.5, 0.6) is 5.88 Å². The van der Waals surface area contributed by atoms with Gasteiger partial charge in [-0.05, 0) is 30.9 Å². The molecule has 0 bridgehead atoms. The monoisotopic (exact) mass is 434 g/mol. The molecule has 30 heavy (non-hydrogen) atoms. The Kier molecular flexibility index (Phi) is 8.44. The molecule has 0 aliphatic carbocycles. The van der Waals surface area contributed by atoms with Crippen LogP contribution in [0.1, 0.15) is 28.8 Å². The fraction of sp³-hybridized carbons (Fsp3) is 0.263. The first kappa shape index (κ1) is 23.0. The number of rotatable bonds is 9. The first-order chi connectivity index (χ1) is 14.3. The molecule has 3 amide bonds. The molecule has 1 aromatic carbocycles. The van der Waals surface area contributed by atoms with Crippen LogP contribution in [-0.4, -0.2) is 43.6 Å². The molecule has 1 heterocycles. The van der Waals surface area contributed by atoms with Crippen molar-refractivity contribution >= 4 is 27.9 Å². The van der Waals surface area contributed by atoms with Crippen molar-refractivity contribution in [2.24, 2.45) is 5.73 Å². The van der Waals surface area contributed by atoms with Gasteiger partial charge in [-0.15, -0.1) is 0 Å². The number of ether oxygens (including phenoxy) is 1. The van der Waals surface area contributed by atoms with E-state index in [-0.39, 0.29) is 23.7 Å². The molecule has 160 valence electrons. The summed E-state index contributed by atoms with van der Waals surface area (Å²) in [5.41, 5.74) is 6.14. The van der Waals surface area contributed by atoms with Crippen LogP contribution in [0.4, 0.5) is 4.79 Å². The van der Waals surface area contributed by atoms with Gasteiger partial charge in [-0.25, -0.2) is 22.9 Å². The number of hydrogen-bond acceptors (Lipinski definition) is 8. The van der Waals surface area contributed by atoms with Gasteiger partial charge in [0, 0.05) is 12.3 Å². The summed E-state index contributed by atoms with van der Waals surface area (Å²) in [6.45, 7) is -0.387. The number of unbranched alkanes of at least 4 members (excludes halogenated alkanes) is 1. The highest BCUT2D eigenvalue weighted by molar-refractivity contribution is 7.90. The van der Waals surface area contributed by atoms with Crippen LogP contribution in [0.25, 0.3) is 0 Å². The minimum absolute atomic E-state index is 0.0337. The van der Waals surface area contributed by atoms with Crippen molar-refractivity contribution in [2.75, 3.05) is 12.3 Å². The lowest BCUT2D eigenvalue weighted by molar-refractivity contribution is -0.118. The van der Waals surface area contributed by atoms with Gasteiger partial charge in [-0.3, -0.25) is 14.9 Å². The average molecular weight is 434 g/mol. The van der Waals surface area contributed by atoms with Crippen LogP contribution in [0.15, 0.2) is 48.7 Å². The zero-order valence-corrected chi connectivity index (χ0v) is 16.9. The third kappa shape index (κ3) is 7.97. The van der Waals surface area contributed by atoms with Crippen molar-refractivity contribution in [3.8, 4) is 5.88 Å². The van der Waals surface area contributed by atoms with Crippen LogP contribution < -0.4 is 20.5 Å². The van der Waals surface area contributed by atoms with E-state index >= 15 is 0 Å². The van der Waals surface area contributed by atoms with Crippen molar-refractivity contribution in [3.05, 3.63) is 59.8 Å². The number of carbonyl (C=O) groups is 3. The van der Waals surface area contributed by atoms with Crippen LogP contribution in [0.2, 0.25) is 0 Å². The smallest absolute Gasteiger partial charge is 0.391 e. The zero-order valence-electron chi connectivity index (χ0n) is 16.0. The highest BCUT2D eigenvalue weighted by atomic mass is 32.2. The van der Waals surface area contributed by atoms with Crippen molar-refractivity contribution in [1.82, 2.24) is 15.0 Å². The van der Waals surface area contributed by atoms with Crippen molar-refractivity contribution in [3.63, 3.8) is 0 Å². The highest BCUT2D eigenvalue weighted by Gasteiger charge is 2.17. The number of amides is 3. The van der Waals surface area contributed by atoms with E-state index in [9.17, 15) is 22.8 Å². The van der Waals surface area contributed by atoms with Gasteiger partial charge < -0.3 is 10.5 Å². The molecule has 1 aromatic heterocycles. The third-order valence-corrected chi connectivity index (χ3v) is 5.16. The maximum atomic E-state index is 12.1. The van der Waals surface area contributed by atoms with E-state index in [1.54, 1.807) is 0 Å². The molecule has 0 aliphatic heterocycles. The number of benzene rings is 1. The van der Waals surface area contributed by atoms with Crippen molar-refractivity contribution < 1.29 is 27.5 Å². The summed E-state index contributed by atoms with van der Waals surface area (Å²) in [4.78, 5) is 38.2. The molecule has 0 fully saturated rings. The number of sulfonamides is 1. The molecule has 10 nitrogen and oxygen atoms in total. The van der Waals surface area contributed by atoms with E-state index in [1.165, 1.54) is 12.1 Å². The molecule has 2 aromatic rings. The van der Waals surface area contributed by atoms with Crippen molar-refractivity contribution in [1.29, 1.82) is 0 Å². The average Bonchev–Trinajstić information content (AvgIpc) is 2.72. The fourth-order valence-electron chi connectivity index (χ4n) is 2.38. The number of nitrogens with zero attached hydrogens (tertiary/aromatic N) is 1. The Bertz CT molecular complexity index is 978. The number of nitrogens with two attached hydrogens (primary N) is 1. The Hall–Kier alpha value is -3.31. The molecule has 4 N–H and O–H groups in total. The van der Waals surface area contributed by atoms with Gasteiger partial charge in [-0.2, -0.15) is 0 Å². The summed E-state index contributed by atoms with van der Waals surface area (Å²) in [7, 11) is -3.80. The highest BCUT2D eigenvalue weighted by Crippen LogP contribution is 2.09. The number of hydrogen-bond donors (Lipinski definition) is 3. The predicted octanol–water partition coefficient (Wildman–Crippen LogP) is 0.738. The summed E-state index contributed by atoms with van der Waals surface area (Å²) >= 11 is 0. The van der Waals surface area contributed by atoms with E-state index in [0.29, 0.717) is 12.8 Å².